The van der Waals surface area contributed by atoms with Crippen LogP contribution < -0.4 is 0 Å². The third-order valence-corrected chi connectivity index (χ3v) is 3.02. The van der Waals surface area contributed by atoms with E-state index in [2.05, 4.69) is 0 Å². The van der Waals surface area contributed by atoms with Gasteiger partial charge in [-0.15, -0.1) is 11.3 Å². The highest BCUT2D eigenvalue weighted by molar-refractivity contribution is 7.17. The average Bonchev–Trinajstić information content (AvgIpc) is 2.46. The zero-order chi connectivity index (χ0) is 8.55. The van der Waals surface area contributed by atoms with Crippen LogP contribution in [0, 0.1) is 0 Å². The largest absolute Gasteiger partial charge is 0.232 e. The van der Waals surface area contributed by atoms with Crippen molar-refractivity contribution in [1.29, 1.82) is 0 Å². The van der Waals surface area contributed by atoms with E-state index in [0.717, 1.165) is 15.6 Å². The highest BCUT2D eigenvalue weighted by atomic mass is 35.5. The van der Waals surface area contributed by atoms with Crippen molar-refractivity contribution in [3.8, 4) is 0 Å². The van der Waals surface area contributed by atoms with Crippen LogP contribution in [-0.2, 0) is 11.7 Å². The van der Waals surface area contributed by atoms with E-state index in [1.54, 1.807) is 11.3 Å². The van der Waals surface area contributed by atoms with Crippen molar-refractivity contribution in [3.05, 3.63) is 34.2 Å². The predicted molar refractivity (Wildman–Crippen MR) is 51.2 cm³/mol. The monoisotopic (exact) mass is 197 g/mol. The topological polar surface area (TPSA) is 19.9 Å². The zero-order valence-corrected chi connectivity index (χ0v) is 7.78. The number of rotatable bonds is 1. The van der Waals surface area contributed by atoms with Crippen LogP contribution in [-0.4, -0.2) is 0 Å². The fourth-order valence-corrected chi connectivity index (χ4v) is 2.27. The molecule has 1 aromatic heterocycles. The van der Waals surface area contributed by atoms with Crippen molar-refractivity contribution in [2.24, 2.45) is 0 Å². The van der Waals surface area contributed by atoms with Crippen molar-refractivity contribution in [1.82, 2.24) is 0 Å². The maximum atomic E-state index is 10.7. The lowest BCUT2D eigenvalue weighted by Gasteiger charge is -1.92. The maximum absolute atomic E-state index is 10.7. The Balaban J connectivity index is 2.75. The molecular weight excluding hydrogens is 192 g/mol. The minimum atomic E-state index is -0.166. The first-order valence-corrected chi connectivity index (χ1v) is 4.81. The van der Waals surface area contributed by atoms with E-state index in [9.17, 15) is 5.11 Å². The number of benzene rings is 1. The molecule has 0 saturated heterocycles. The first-order chi connectivity index (χ1) is 5.81. The molecule has 1 nitrogen and oxygen atoms in total. The Morgan fingerprint density at radius 2 is 2.25 bits per heavy atom. The van der Waals surface area contributed by atoms with Gasteiger partial charge in [0.25, 0.3) is 0 Å². The summed E-state index contributed by atoms with van der Waals surface area (Å²) >= 11 is 7.40. The lowest BCUT2D eigenvalue weighted by molar-refractivity contribution is 0.179. The summed E-state index contributed by atoms with van der Waals surface area (Å²) in [6.45, 7) is -0.166. The molecule has 0 aliphatic rings. The van der Waals surface area contributed by atoms with Gasteiger partial charge in [0.15, 0.2) is 0 Å². The third kappa shape index (κ3) is 1.22. The summed E-state index contributed by atoms with van der Waals surface area (Å²) in [5.41, 5.74) is 0.845. The van der Waals surface area contributed by atoms with Crippen LogP contribution in [0.5, 0.6) is 0 Å². The fraction of sp³-hybridized carbons (Fsp3) is 0.111. The van der Waals surface area contributed by atoms with Crippen molar-refractivity contribution < 1.29 is 5.11 Å². The molecule has 12 heavy (non-hydrogen) atoms. The quantitative estimate of drug-likeness (QED) is 0.667. The Bertz CT molecular complexity index is 408. The minimum Gasteiger partial charge on any atom is -0.232 e. The van der Waals surface area contributed by atoms with Crippen LogP contribution >= 0.6 is 22.9 Å². The van der Waals surface area contributed by atoms with Gasteiger partial charge in [-0.2, -0.15) is 0 Å². The Morgan fingerprint density at radius 1 is 1.42 bits per heavy atom. The van der Waals surface area contributed by atoms with Gasteiger partial charge in [0.1, 0.15) is 6.61 Å². The molecule has 1 heterocycles. The van der Waals surface area contributed by atoms with Crippen LogP contribution in [0.1, 0.15) is 5.56 Å². The number of hydrogen-bond acceptors (Lipinski definition) is 1. The standard InChI is InChI=1S/C9H6ClOS/c10-7-1-2-9-8(3-7)6(4-11)5-12-9/h1-3,5H,4H2. The molecule has 61 valence electrons. The van der Waals surface area contributed by atoms with Crippen molar-refractivity contribution in [2.75, 3.05) is 0 Å². The molecule has 0 N–H and O–H groups in total. The normalized spacial score (nSPS) is 10.8. The molecule has 0 saturated carbocycles. The molecule has 3 heteroatoms. The second kappa shape index (κ2) is 3.05. The van der Waals surface area contributed by atoms with Gasteiger partial charge in [0, 0.05) is 9.72 Å². The number of thiophene rings is 1. The molecule has 2 aromatic rings. The summed E-state index contributed by atoms with van der Waals surface area (Å²) in [5.74, 6) is 0. The molecule has 1 aromatic carbocycles. The molecule has 0 unspecified atom stereocenters. The van der Waals surface area contributed by atoms with Crippen LogP contribution in [0.25, 0.3) is 10.1 Å². The molecule has 0 bridgehead atoms. The van der Waals surface area contributed by atoms with Gasteiger partial charge in [0.05, 0.1) is 0 Å². The van der Waals surface area contributed by atoms with Gasteiger partial charge in [-0.1, -0.05) is 11.6 Å². The van der Waals surface area contributed by atoms with Crippen LogP contribution in [0.4, 0.5) is 0 Å². The summed E-state index contributed by atoms with van der Waals surface area (Å²) in [7, 11) is 0. The van der Waals surface area contributed by atoms with E-state index < -0.39 is 0 Å². The summed E-state index contributed by atoms with van der Waals surface area (Å²) in [6.07, 6.45) is 0. The van der Waals surface area contributed by atoms with Crippen LogP contribution in [0.15, 0.2) is 23.6 Å². The Labute approximate surface area is 79.2 Å². The van der Waals surface area contributed by atoms with E-state index in [4.69, 9.17) is 11.6 Å². The molecule has 2 rings (SSSR count). The van der Waals surface area contributed by atoms with Crippen LogP contribution in [0.3, 0.4) is 0 Å². The Hall–Kier alpha value is -0.570. The lowest BCUT2D eigenvalue weighted by atomic mass is 10.2. The highest BCUT2D eigenvalue weighted by Gasteiger charge is 2.02. The van der Waals surface area contributed by atoms with Gasteiger partial charge >= 0.3 is 0 Å². The van der Waals surface area contributed by atoms with Gasteiger partial charge in [-0.25, -0.2) is 5.11 Å². The highest BCUT2D eigenvalue weighted by Crippen LogP contribution is 2.28. The molecule has 1 radical (unpaired) electrons. The summed E-state index contributed by atoms with van der Waals surface area (Å²) in [6, 6.07) is 5.64. The maximum Gasteiger partial charge on any atom is 0.109 e. The smallest absolute Gasteiger partial charge is 0.109 e. The van der Waals surface area contributed by atoms with E-state index >= 15 is 0 Å². The molecule has 0 aliphatic carbocycles. The predicted octanol–water partition coefficient (Wildman–Crippen LogP) is 3.49. The minimum absolute atomic E-state index is 0.166. The van der Waals surface area contributed by atoms with Crippen molar-refractivity contribution >= 4 is 33.0 Å². The van der Waals surface area contributed by atoms with E-state index in [1.165, 1.54) is 0 Å². The van der Waals surface area contributed by atoms with E-state index in [-0.39, 0.29) is 6.61 Å². The number of hydrogen-bond donors (Lipinski definition) is 0. The lowest BCUT2D eigenvalue weighted by Crippen LogP contribution is -1.76. The average molecular weight is 198 g/mol. The number of fused-ring (bicyclic) bond motifs is 1. The molecule has 0 fully saturated rings. The van der Waals surface area contributed by atoms with Crippen molar-refractivity contribution in [3.63, 3.8) is 0 Å². The fourth-order valence-electron chi connectivity index (χ4n) is 1.17. The molecule has 0 spiro atoms. The summed E-state index contributed by atoms with van der Waals surface area (Å²) in [5, 5.41) is 14.3. The van der Waals surface area contributed by atoms with E-state index in [0.29, 0.717) is 5.02 Å². The number of halogens is 1. The zero-order valence-electron chi connectivity index (χ0n) is 6.21. The molecule has 0 amide bonds. The van der Waals surface area contributed by atoms with Gasteiger partial charge < -0.3 is 0 Å². The molecule has 0 atom stereocenters. The third-order valence-electron chi connectivity index (χ3n) is 1.77. The van der Waals surface area contributed by atoms with Gasteiger partial charge in [-0.3, -0.25) is 0 Å². The first kappa shape index (κ1) is 8.05. The first-order valence-electron chi connectivity index (χ1n) is 3.55. The second-order valence-electron chi connectivity index (χ2n) is 2.55. The van der Waals surface area contributed by atoms with Crippen LogP contribution in [0.2, 0.25) is 5.02 Å². The summed E-state index contributed by atoms with van der Waals surface area (Å²) < 4.78 is 1.13. The van der Waals surface area contributed by atoms with Crippen molar-refractivity contribution in [2.45, 2.75) is 6.61 Å². The van der Waals surface area contributed by atoms with Gasteiger partial charge in [-0.05, 0) is 34.5 Å². The molecule has 0 aliphatic heterocycles. The second-order valence-corrected chi connectivity index (χ2v) is 3.89. The van der Waals surface area contributed by atoms with Gasteiger partial charge in [0.2, 0.25) is 0 Å². The SMILES string of the molecule is [O]Cc1csc2ccc(Cl)cc12. The van der Waals surface area contributed by atoms with E-state index in [1.807, 2.05) is 23.6 Å². The molecular formula is C9H6ClOS. The summed E-state index contributed by atoms with van der Waals surface area (Å²) in [4.78, 5) is 0. The Kier molecular flexibility index (Phi) is 2.05. The Morgan fingerprint density at radius 3 is 3.00 bits per heavy atom.